The van der Waals surface area contributed by atoms with Gasteiger partial charge in [0.1, 0.15) is 6.61 Å². The first-order chi connectivity index (χ1) is 15.3. The van der Waals surface area contributed by atoms with E-state index < -0.39 is 16.1 Å². The van der Waals surface area contributed by atoms with E-state index in [0.717, 1.165) is 16.7 Å². The minimum Gasteiger partial charge on any atom is -0.490 e. The van der Waals surface area contributed by atoms with Gasteiger partial charge in [0.15, 0.2) is 11.5 Å². The van der Waals surface area contributed by atoms with Gasteiger partial charge in [-0.2, -0.15) is 0 Å². The Morgan fingerprint density at radius 3 is 2.75 bits per heavy atom. The molecule has 1 heterocycles. The van der Waals surface area contributed by atoms with Gasteiger partial charge in [-0.3, -0.25) is 24.6 Å². The Kier molecular flexibility index (Phi) is 7.41. The summed E-state index contributed by atoms with van der Waals surface area (Å²) in [5.74, 6) is 2.40. The van der Waals surface area contributed by atoms with E-state index in [9.17, 15) is 19.7 Å². The zero-order valence-electron chi connectivity index (χ0n) is 16.9. The van der Waals surface area contributed by atoms with Gasteiger partial charge >= 0.3 is 0 Å². The van der Waals surface area contributed by atoms with Crippen LogP contribution in [0.3, 0.4) is 0 Å². The second-order valence-electron chi connectivity index (χ2n) is 6.45. The lowest BCUT2D eigenvalue weighted by Crippen LogP contribution is -2.28. The van der Waals surface area contributed by atoms with Crippen LogP contribution < -0.4 is 9.47 Å². The number of amides is 2. The molecule has 2 aromatic rings. The standard InChI is InChI=1S/C22H17ClN2O6S/c1-3-8-24-21(26)19(32-22(24)27)12-15-10-17(23)20(18(11-15)30-4-2)31-13-14-6-5-7-16(9-14)25(28)29/h1,5-7,9-12H,4,8,13H2,2H3/b19-12+. The molecule has 0 spiro atoms. The monoisotopic (exact) mass is 472 g/mol. The maximum atomic E-state index is 12.4. The SMILES string of the molecule is C#CCN1C(=O)S/C(=C/c2cc(Cl)c(OCc3cccc([N+](=O)[O-])c3)c(OCC)c2)C1=O. The molecule has 32 heavy (non-hydrogen) atoms. The Hall–Kier alpha value is -3.48. The number of non-ortho nitro benzene ring substituents is 1. The summed E-state index contributed by atoms with van der Waals surface area (Å²) in [6.45, 7) is 2.05. The predicted molar refractivity (Wildman–Crippen MR) is 122 cm³/mol. The first-order valence-electron chi connectivity index (χ1n) is 9.35. The number of rotatable bonds is 8. The molecule has 0 radical (unpaired) electrons. The van der Waals surface area contributed by atoms with Crippen LogP contribution in [0.25, 0.3) is 6.08 Å². The highest BCUT2D eigenvalue weighted by atomic mass is 35.5. The maximum absolute atomic E-state index is 12.4. The summed E-state index contributed by atoms with van der Waals surface area (Å²) in [6.07, 6.45) is 6.74. The molecule has 0 N–H and O–H groups in total. The van der Waals surface area contributed by atoms with E-state index >= 15 is 0 Å². The van der Waals surface area contributed by atoms with Crippen molar-refractivity contribution in [3.05, 3.63) is 67.6 Å². The molecule has 2 aromatic carbocycles. The quantitative estimate of drug-likeness (QED) is 0.233. The Morgan fingerprint density at radius 1 is 1.28 bits per heavy atom. The van der Waals surface area contributed by atoms with Crippen LogP contribution >= 0.6 is 23.4 Å². The fraction of sp³-hybridized carbons (Fsp3) is 0.182. The van der Waals surface area contributed by atoms with Crippen molar-refractivity contribution >= 4 is 46.3 Å². The van der Waals surface area contributed by atoms with Crippen LogP contribution in [0.15, 0.2) is 41.3 Å². The number of thioether (sulfide) groups is 1. The molecular weight excluding hydrogens is 456 g/mol. The molecule has 1 aliphatic heterocycles. The normalized spacial score (nSPS) is 14.5. The highest BCUT2D eigenvalue weighted by molar-refractivity contribution is 8.18. The van der Waals surface area contributed by atoms with Gasteiger partial charge in [-0.25, -0.2) is 0 Å². The van der Waals surface area contributed by atoms with Gasteiger partial charge in [-0.15, -0.1) is 6.42 Å². The van der Waals surface area contributed by atoms with Crippen molar-refractivity contribution in [2.24, 2.45) is 0 Å². The number of nitrogens with zero attached hydrogens (tertiary/aromatic N) is 2. The molecule has 0 aromatic heterocycles. The summed E-state index contributed by atoms with van der Waals surface area (Å²) < 4.78 is 11.4. The summed E-state index contributed by atoms with van der Waals surface area (Å²) in [5, 5.41) is 10.7. The van der Waals surface area contributed by atoms with Gasteiger partial charge in [-0.1, -0.05) is 29.7 Å². The van der Waals surface area contributed by atoms with Crippen LogP contribution in [0.1, 0.15) is 18.1 Å². The summed E-state index contributed by atoms with van der Waals surface area (Å²) in [6, 6.07) is 9.27. The zero-order valence-corrected chi connectivity index (χ0v) is 18.4. The number of carbonyl (C=O) groups excluding carboxylic acids is 2. The smallest absolute Gasteiger partial charge is 0.294 e. The van der Waals surface area contributed by atoms with Crippen molar-refractivity contribution < 1.29 is 24.0 Å². The average Bonchev–Trinajstić information content (AvgIpc) is 3.01. The lowest BCUT2D eigenvalue weighted by atomic mass is 10.1. The number of benzene rings is 2. The topological polar surface area (TPSA) is 99.0 Å². The number of ether oxygens (including phenoxy) is 2. The van der Waals surface area contributed by atoms with Crippen LogP contribution in [-0.2, 0) is 11.4 Å². The summed E-state index contributed by atoms with van der Waals surface area (Å²) in [5.41, 5.74) is 1.08. The molecule has 164 valence electrons. The molecule has 1 saturated heterocycles. The van der Waals surface area contributed by atoms with E-state index in [0.29, 0.717) is 23.5 Å². The van der Waals surface area contributed by atoms with Gasteiger partial charge < -0.3 is 9.47 Å². The molecule has 0 atom stereocenters. The minimum absolute atomic E-state index is 0.0335. The number of halogens is 1. The Labute approximate surface area is 193 Å². The van der Waals surface area contributed by atoms with E-state index in [1.807, 2.05) is 0 Å². The highest BCUT2D eigenvalue weighted by Gasteiger charge is 2.34. The molecular formula is C22H17ClN2O6S. The Bertz CT molecular complexity index is 1160. The Morgan fingerprint density at radius 2 is 2.06 bits per heavy atom. The van der Waals surface area contributed by atoms with Crippen LogP contribution in [0.4, 0.5) is 10.5 Å². The third kappa shape index (κ3) is 5.22. The van der Waals surface area contributed by atoms with Gasteiger partial charge in [-0.05, 0) is 48.0 Å². The second-order valence-corrected chi connectivity index (χ2v) is 7.85. The summed E-state index contributed by atoms with van der Waals surface area (Å²) in [7, 11) is 0. The third-order valence-corrected chi connectivity index (χ3v) is 5.45. The van der Waals surface area contributed by atoms with Crippen molar-refractivity contribution in [3.8, 4) is 23.8 Å². The number of imide groups is 1. The fourth-order valence-corrected chi connectivity index (χ4v) is 3.98. The average molecular weight is 473 g/mol. The first-order valence-corrected chi connectivity index (χ1v) is 10.5. The van der Waals surface area contributed by atoms with E-state index in [1.165, 1.54) is 18.2 Å². The first kappa shape index (κ1) is 23.2. The fourth-order valence-electron chi connectivity index (χ4n) is 2.87. The zero-order chi connectivity index (χ0) is 23.3. The van der Waals surface area contributed by atoms with E-state index in [1.54, 1.807) is 31.2 Å². The van der Waals surface area contributed by atoms with Crippen LogP contribution in [0.2, 0.25) is 5.02 Å². The molecule has 0 aliphatic carbocycles. The van der Waals surface area contributed by atoms with Crippen molar-refractivity contribution in [2.75, 3.05) is 13.2 Å². The molecule has 8 nitrogen and oxygen atoms in total. The van der Waals surface area contributed by atoms with Crippen molar-refractivity contribution in [2.45, 2.75) is 13.5 Å². The number of nitro groups is 1. The van der Waals surface area contributed by atoms with E-state index in [-0.39, 0.29) is 34.5 Å². The largest absolute Gasteiger partial charge is 0.490 e. The van der Waals surface area contributed by atoms with Crippen molar-refractivity contribution in [1.82, 2.24) is 4.90 Å². The van der Waals surface area contributed by atoms with E-state index in [2.05, 4.69) is 5.92 Å². The van der Waals surface area contributed by atoms with Crippen molar-refractivity contribution in [3.63, 3.8) is 0 Å². The molecule has 2 amide bonds. The lowest BCUT2D eigenvalue weighted by molar-refractivity contribution is -0.384. The number of terminal acetylenes is 1. The molecule has 1 aliphatic rings. The van der Waals surface area contributed by atoms with Crippen LogP contribution in [0, 0.1) is 22.5 Å². The highest BCUT2D eigenvalue weighted by Crippen LogP contribution is 2.39. The van der Waals surface area contributed by atoms with Crippen molar-refractivity contribution in [1.29, 1.82) is 0 Å². The number of hydrogen-bond donors (Lipinski definition) is 0. The van der Waals surface area contributed by atoms with Gasteiger partial charge in [0, 0.05) is 12.1 Å². The second kappa shape index (κ2) is 10.2. The van der Waals surface area contributed by atoms with Gasteiger partial charge in [0.2, 0.25) is 0 Å². The third-order valence-electron chi connectivity index (χ3n) is 4.26. The molecule has 10 heteroatoms. The minimum atomic E-state index is -0.484. The predicted octanol–water partition coefficient (Wildman–Crippen LogP) is 4.90. The number of nitro benzene ring substituents is 1. The van der Waals surface area contributed by atoms with Crippen LogP contribution in [0.5, 0.6) is 11.5 Å². The molecule has 0 unspecified atom stereocenters. The lowest BCUT2D eigenvalue weighted by Gasteiger charge is -2.15. The maximum Gasteiger partial charge on any atom is 0.294 e. The molecule has 1 fully saturated rings. The summed E-state index contributed by atoms with van der Waals surface area (Å²) >= 11 is 7.20. The van der Waals surface area contributed by atoms with Crippen LogP contribution in [-0.4, -0.2) is 34.1 Å². The molecule has 0 bridgehead atoms. The number of carbonyl (C=O) groups is 2. The van der Waals surface area contributed by atoms with Gasteiger partial charge in [0.05, 0.1) is 28.0 Å². The Balaban J connectivity index is 1.86. The molecule has 3 rings (SSSR count). The van der Waals surface area contributed by atoms with Gasteiger partial charge in [0.25, 0.3) is 16.8 Å². The summed E-state index contributed by atoms with van der Waals surface area (Å²) in [4.78, 5) is 36.0. The number of hydrogen-bond acceptors (Lipinski definition) is 7. The molecule has 0 saturated carbocycles. The van der Waals surface area contributed by atoms with E-state index in [4.69, 9.17) is 27.5 Å².